The summed E-state index contributed by atoms with van der Waals surface area (Å²) in [5.74, 6) is 0.943. The maximum absolute atomic E-state index is 13.5. The predicted octanol–water partition coefficient (Wildman–Crippen LogP) is 1.71. The Morgan fingerprint density at radius 1 is 0.871 bits per heavy atom. The molecule has 8 heteroatoms. The Hall–Kier alpha value is -1.93. The van der Waals surface area contributed by atoms with E-state index in [0.717, 1.165) is 18.4 Å². The quantitative estimate of drug-likeness (QED) is 0.687. The molecule has 0 radical (unpaired) electrons. The molecule has 0 N–H and O–H groups in total. The Bertz CT molecular complexity index is 861. The molecule has 1 aromatic rings. The van der Waals surface area contributed by atoms with E-state index in [1.165, 1.54) is 12.8 Å². The number of benzene rings is 1. The van der Waals surface area contributed by atoms with Gasteiger partial charge in [0.05, 0.1) is 11.5 Å². The van der Waals surface area contributed by atoms with Crippen LogP contribution in [0.4, 0.5) is 0 Å². The van der Waals surface area contributed by atoms with Gasteiger partial charge in [-0.1, -0.05) is 43.2 Å². The van der Waals surface area contributed by atoms with Crippen molar-refractivity contribution in [1.29, 1.82) is 0 Å². The Morgan fingerprint density at radius 2 is 1.45 bits per heavy atom. The standard InChI is InChI=1S/C23H33N3O4S/c27-21(18-19-6-4-5-7-19)24-10-12-26(13-11-24)23(28)22(20-8-2-1-3-9-20)25-14-16-31(29,30)17-15-25/h1-3,8-9,19,22H,4-7,10-18H2. The normalized spacial score (nSPS) is 23.6. The van der Waals surface area contributed by atoms with Gasteiger partial charge in [-0.15, -0.1) is 0 Å². The van der Waals surface area contributed by atoms with Crippen LogP contribution in [0.5, 0.6) is 0 Å². The van der Waals surface area contributed by atoms with Gasteiger partial charge >= 0.3 is 0 Å². The molecule has 4 rings (SSSR count). The highest BCUT2D eigenvalue weighted by atomic mass is 32.2. The molecular formula is C23H33N3O4S. The summed E-state index contributed by atoms with van der Waals surface area (Å²) >= 11 is 0. The molecule has 1 aliphatic carbocycles. The van der Waals surface area contributed by atoms with Crippen LogP contribution >= 0.6 is 0 Å². The summed E-state index contributed by atoms with van der Waals surface area (Å²) in [7, 11) is -3.02. The second kappa shape index (κ2) is 9.69. The van der Waals surface area contributed by atoms with Gasteiger partial charge in [0.15, 0.2) is 9.84 Å². The van der Waals surface area contributed by atoms with Gasteiger partial charge in [-0.25, -0.2) is 8.42 Å². The van der Waals surface area contributed by atoms with Gasteiger partial charge in [-0.05, 0) is 24.3 Å². The summed E-state index contributed by atoms with van der Waals surface area (Å²) in [6.45, 7) is 2.96. The summed E-state index contributed by atoms with van der Waals surface area (Å²) in [5.41, 5.74) is 0.895. The first kappa shape index (κ1) is 22.3. The molecule has 2 saturated heterocycles. The number of nitrogens with zero attached hydrogens (tertiary/aromatic N) is 3. The van der Waals surface area contributed by atoms with E-state index >= 15 is 0 Å². The van der Waals surface area contributed by atoms with Gasteiger partial charge in [0.25, 0.3) is 0 Å². The summed E-state index contributed by atoms with van der Waals surface area (Å²) in [5, 5.41) is 0. The maximum atomic E-state index is 13.5. The van der Waals surface area contributed by atoms with Crippen LogP contribution in [0, 0.1) is 5.92 Å². The molecule has 1 unspecified atom stereocenters. The van der Waals surface area contributed by atoms with Crippen molar-refractivity contribution in [2.75, 3.05) is 50.8 Å². The monoisotopic (exact) mass is 447 g/mol. The SMILES string of the molecule is O=C(CC1CCCC1)N1CCN(C(=O)C(c2ccccc2)N2CCS(=O)(=O)CC2)CC1. The number of carbonyl (C=O) groups is 2. The Balaban J connectivity index is 1.40. The molecule has 2 heterocycles. The predicted molar refractivity (Wildman–Crippen MR) is 119 cm³/mol. The summed E-state index contributed by atoms with van der Waals surface area (Å²) in [6.07, 6.45) is 5.43. The number of amides is 2. The van der Waals surface area contributed by atoms with E-state index in [9.17, 15) is 18.0 Å². The van der Waals surface area contributed by atoms with Crippen molar-refractivity contribution in [1.82, 2.24) is 14.7 Å². The Morgan fingerprint density at radius 3 is 2.06 bits per heavy atom. The third kappa shape index (κ3) is 5.47. The lowest BCUT2D eigenvalue weighted by Crippen LogP contribution is -2.54. The average molecular weight is 448 g/mol. The lowest BCUT2D eigenvalue weighted by atomic mass is 10.0. The van der Waals surface area contributed by atoms with Crippen LogP contribution in [0.2, 0.25) is 0 Å². The average Bonchev–Trinajstić information content (AvgIpc) is 3.29. The van der Waals surface area contributed by atoms with Crippen LogP contribution in [-0.4, -0.2) is 85.7 Å². The largest absolute Gasteiger partial charge is 0.339 e. The van der Waals surface area contributed by atoms with Crippen molar-refractivity contribution in [2.24, 2.45) is 5.92 Å². The zero-order valence-electron chi connectivity index (χ0n) is 18.1. The fourth-order valence-corrected chi connectivity index (χ4v) is 6.30. The summed E-state index contributed by atoms with van der Waals surface area (Å²) in [4.78, 5) is 32.0. The molecule has 0 aromatic heterocycles. The minimum Gasteiger partial charge on any atom is -0.339 e. The maximum Gasteiger partial charge on any atom is 0.244 e. The topological polar surface area (TPSA) is 78.0 Å². The highest BCUT2D eigenvalue weighted by Gasteiger charge is 2.36. The smallest absolute Gasteiger partial charge is 0.244 e. The van der Waals surface area contributed by atoms with Crippen molar-refractivity contribution < 1.29 is 18.0 Å². The highest BCUT2D eigenvalue weighted by molar-refractivity contribution is 7.91. The van der Waals surface area contributed by atoms with Crippen LogP contribution in [0.25, 0.3) is 0 Å². The third-order valence-electron chi connectivity index (χ3n) is 6.98. The van der Waals surface area contributed by atoms with E-state index in [1.807, 2.05) is 45.0 Å². The van der Waals surface area contributed by atoms with Crippen LogP contribution in [-0.2, 0) is 19.4 Å². The lowest BCUT2D eigenvalue weighted by Gasteiger charge is -2.40. The van der Waals surface area contributed by atoms with E-state index in [2.05, 4.69) is 0 Å². The molecule has 170 valence electrons. The molecule has 2 amide bonds. The van der Waals surface area contributed by atoms with Crippen molar-refractivity contribution in [3.05, 3.63) is 35.9 Å². The molecule has 3 fully saturated rings. The molecule has 2 aliphatic heterocycles. The fourth-order valence-electron chi connectivity index (χ4n) is 5.07. The van der Waals surface area contributed by atoms with Gasteiger partial charge in [0.1, 0.15) is 6.04 Å². The van der Waals surface area contributed by atoms with Crippen molar-refractivity contribution in [3.8, 4) is 0 Å². The number of hydrogen-bond acceptors (Lipinski definition) is 5. The zero-order chi connectivity index (χ0) is 21.8. The first-order valence-corrected chi connectivity index (χ1v) is 13.3. The molecule has 7 nitrogen and oxygen atoms in total. The van der Waals surface area contributed by atoms with E-state index in [0.29, 0.717) is 51.6 Å². The van der Waals surface area contributed by atoms with E-state index in [-0.39, 0.29) is 23.3 Å². The molecule has 3 aliphatic rings. The number of piperazine rings is 1. The van der Waals surface area contributed by atoms with Crippen LogP contribution in [0.3, 0.4) is 0 Å². The molecule has 0 spiro atoms. The third-order valence-corrected chi connectivity index (χ3v) is 8.58. The van der Waals surface area contributed by atoms with E-state index in [1.54, 1.807) is 0 Å². The van der Waals surface area contributed by atoms with Crippen LogP contribution < -0.4 is 0 Å². The van der Waals surface area contributed by atoms with Crippen LogP contribution in [0.15, 0.2) is 30.3 Å². The lowest BCUT2D eigenvalue weighted by molar-refractivity contribution is -0.143. The van der Waals surface area contributed by atoms with Crippen molar-refractivity contribution in [3.63, 3.8) is 0 Å². The highest BCUT2D eigenvalue weighted by Crippen LogP contribution is 2.29. The number of hydrogen-bond donors (Lipinski definition) is 0. The first-order chi connectivity index (χ1) is 14.9. The number of rotatable bonds is 5. The second-order valence-electron chi connectivity index (χ2n) is 9.06. The summed E-state index contributed by atoms with van der Waals surface area (Å²) < 4.78 is 23.8. The van der Waals surface area contributed by atoms with E-state index < -0.39 is 15.9 Å². The molecule has 1 atom stereocenters. The molecular weight excluding hydrogens is 414 g/mol. The summed E-state index contributed by atoms with van der Waals surface area (Å²) in [6, 6.07) is 9.14. The Labute approximate surface area is 185 Å². The number of sulfone groups is 1. The van der Waals surface area contributed by atoms with Gasteiger partial charge in [0, 0.05) is 45.7 Å². The second-order valence-corrected chi connectivity index (χ2v) is 11.4. The van der Waals surface area contributed by atoms with Gasteiger partial charge in [0.2, 0.25) is 11.8 Å². The van der Waals surface area contributed by atoms with Crippen LogP contribution in [0.1, 0.15) is 43.7 Å². The fraction of sp³-hybridized carbons (Fsp3) is 0.652. The van der Waals surface area contributed by atoms with Crippen molar-refractivity contribution in [2.45, 2.75) is 38.1 Å². The molecule has 0 bridgehead atoms. The van der Waals surface area contributed by atoms with Crippen molar-refractivity contribution >= 4 is 21.7 Å². The van der Waals surface area contributed by atoms with Gasteiger partial charge in [-0.2, -0.15) is 0 Å². The van der Waals surface area contributed by atoms with Gasteiger partial charge in [-0.3, -0.25) is 14.5 Å². The van der Waals surface area contributed by atoms with E-state index in [4.69, 9.17) is 0 Å². The molecule has 31 heavy (non-hydrogen) atoms. The van der Waals surface area contributed by atoms with Gasteiger partial charge < -0.3 is 9.80 Å². The Kier molecular flexibility index (Phi) is 6.96. The first-order valence-electron chi connectivity index (χ1n) is 11.5. The minimum absolute atomic E-state index is 0.00777. The molecule has 1 saturated carbocycles. The zero-order valence-corrected chi connectivity index (χ0v) is 18.9. The minimum atomic E-state index is -3.02. The molecule has 1 aromatic carbocycles. The number of carbonyl (C=O) groups excluding carboxylic acids is 2.